The van der Waals surface area contributed by atoms with Crippen LogP contribution >= 0.6 is 0 Å². The third kappa shape index (κ3) is 4.55. The Morgan fingerprint density at radius 2 is 1.90 bits per heavy atom. The number of carbonyl (C=O) groups is 1. The minimum atomic E-state index is -0.430. The zero-order valence-electron chi connectivity index (χ0n) is 13.1. The summed E-state index contributed by atoms with van der Waals surface area (Å²) >= 11 is 0. The van der Waals surface area contributed by atoms with Gasteiger partial charge in [-0.1, -0.05) is 30.3 Å². The molecule has 116 valence electrons. The molecule has 4 nitrogen and oxygen atoms in total. The summed E-state index contributed by atoms with van der Waals surface area (Å²) < 4.78 is 0. The third-order valence-electron chi connectivity index (χ3n) is 4.44. The van der Waals surface area contributed by atoms with Crippen LogP contribution < -0.4 is 11.3 Å². The van der Waals surface area contributed by atoms with Crippen molar-refractivity contribution >= 4 is 5.91 Å². The van der Waals surface area contributed by atoms with Gasteiger partial charge in [-0.05, 0) is 57.7 Å². The molecule has 0 aromatic heterocycles. The molecule has 0 atom stereocenters. The fourth-order valence-electron chi connectivity index (χ4n) is 3.12. The zero-order chi connectivity index (χ0) is 15.3. The van der Waals surface area contributed by atoms with Crippen molar-refractivity contribution in [2.24, 2.45) is 17.2 Å². The maximum absolute atomic E-state index is 11.7. The van der Waals surface area contributed by atoms with Gasteiger partial charge >= 0.3 is 0 Å². The first-order valence-electron chi connectivity index (χ1n) is 7.78. The van der Waals surface area contributed by atoms with Crippen molar-refractivity contribution in [1.82, 2.24) is 10.3 Å². The molecule has 0 spiro atoms. The third-order valence-corrected chi connectivity index (χ3v) is 4.44. The van der Waals surface area contributed by atoms with E-state index in [1.807, 2.05) is 13.8 Å². The normalized spacial score (nSPS) is 17.7. The molecule has 0 radical (unpaired) electrons. The van der Waals surface area contributed by atoms with Gasteiger partial charge in [0.15, 0.2) is 0 Å². The van der Waals surface area contributed by atoms with E-state index in [0.717, 1.165) is 25.6 Å². The van der Waals surface area contributed by atoms with E-state index in [1.165, 1.54) is 24.8 Å². The van der Waals surface area contributed by atoms with Crippen molar-refractivity contribution in [3.05, 3.63) is 35.9 Å². The minimum absolute atomic E-state index is 0.0890. The van der Waals surface area contributed by atoms with Crippen LogP contribution in [0.2, 0.25) is 0 Å². The Kier molecular flexibility index (Phi) is 5.37. The molecule has 0 aliphatic carbocycles. The molecule has 0 saturated carbocycles. The topological polar surface area (TPSA) is 58.4 Å². The highest BCUT2D eigenvalue weighted by Gasteiger charge is 2.31. The smallest absolute Gasteiger partial charge is 0.240 e. The van der Waals surface area contributed by atoms with Crippen LogP contribution in [-0.2, 0) is 11.2 Å². The molecule has 2 rings (SSSR count). The summed E-state index contributed by atoms with van der Waals surface area (Å²) in [7, 11) is 0. The van der Waals surface area contributed by atoms with Crippen molar-refractivity contribution < 1.29 is 4.79 Å². The molecule has 1 aromatic carbocycles. The summed E-state index contributed by atoms with van der Waals surface area (Å²) in [6.45, 7) is 6.81. The summed E-state index contributed by atoms with van der Waals surface area (Å²) in [6, 6.07) is 10.7. The van der Waals surface area contributed by atoms with Crippen LogP contribution in [0.4, 0.5) is 0 Å². The highest BCUT2D eigenvalue weighted by atomic mass is 16.2. The number of hydrogen-bond acceptors (Lipinski definition) is 3. The van der Waals surface area contributed by atoms with Crippen LogP contribution in [0.15, 0.2) is 30.3 Å². The van der Waals surface area contributed by atoms with E-state index in [-0.39, 0.29) is 5.91 Å². The van der Waals surface area contributed by atoms with Crippen molar-refractivity contribution in [3.63, 3.8) is 0 Å². The van der Waals surface area contributed by atoms with E-state index >= 15 is 0 Å². The van der Waals surface area contributed by atoms with Crippen LogP contribution in [-0.4, -0.2) is 30.4 Å². The minimum Gasteiger partial charge on any atom is -0.302 e. The number of amides is 1. The molecule has 1 aromatic rings. The molecule has 1 saturated heterocycles. The number of benzene rings is 1. The number of piperidine rings is 1. The van der Waals surface area contributed by atoms with E-state index in [4.69, 9.17) is 5.84 Å². The number of hydrazine groups is 1. The Bertz CT molecular complexity index is 450. The van der Waals surface area contributed by atoms with Crippen molar-refractivity contribution in [3.8, 4) is 0 Å². The van der Waals surface area contributed by atoms with Gasteiger partial charge in [0, 0.05) is 6.54 Å². The molecule has 21 heavy (non-hydrogen) atoms. The molecule has 1 aliphatic heterocycles. The number of hydrogen-bond donors (Lipinski definition) is 2. The predicted octanol–water partition coefficient (Wildman–Crippen LogP) is 1.96. The van der Waals surface area contributed by atoms with Crippen molar-refractivity contribution in [2.75, 3.05) is 19.6 Å². The Balaban J connectivity index is 1.79. The van der Waals surface area contributed by atoms with Gasteiger partial charge in [0.05, 0.1) is 5.41 Å². The van der Waals surface area contributed by atoms with Gasteiger partial charge in [-0.2, -0.15) is 0 Å². The molecule has 0 bridgehead atoms. The molecule has 0 unspecified atom stereocenters. The highest BCUT2D eigenvalue weighted by molar-refractivity contribution is 5.81. The van der Waals surface area contributed by atoms with Gasteiger partial charge < -0.3 is 4.90 Å². The molecule has 3 N–H and O–H groups in total. The van der Waals surface area contributed by atoms with Crippen LogP contribution in [0.5, 0.6) is 0 Å². The number of nitrogens with two attached hydrogens (primary N) is 1. The Morgan fingerprint density at radius 3 is 2.48 bits per heavy atom. The van der Waals surface area contributed by atoms with E-state index < -0.39 is 5.41 Å². The van der Waals surface area contributed by atoms with Gasteiger partial charge in [0.1, 0.15) is 0 Å². The molecule has 1 heterocycles. The van der Waals surface area contributed by atoms with E-state index in [9.17, 15) is 4.79 Å². The number of nitrogens with one attached hydrogen (secondary N) is 1. The summed E-state index contributed by atoms with van der Waals surface area (Å²) in [6.07, 6.45) is 3.58. The van der Waals surface area contributed by atoms with Crippen molar-refractivity contribution in [2.45, 2.75) is 33.1 Å². The largest absolute Gasteiger partial charge is 0.302 e. The first kappa shape index (κ1) is 16.0. The number of carbonyl (C=O) groups excluding carboxylic acids is 1. The van der Waals surface area contributed by atoms with Crippen LogP contribution in [0.25, 0.3) is 0 Å². The summed E-state index contributed by atoms with van der Waals surface area (Å²) in [4.78, 5) is 14.1. The standard InChI is InChI=1S/C17H27N3O/c1-17(2,16(21)19-18)13-20-10-8-15(9-11-20)12-14-6-4-3-5-7-14/h3-7,15H,8-13,18H2,1-2H3,(H,19,21). The molecular weight excluding hydrogens is 262 g/mol. The van der Waals surface area contributed by atoms with Crippen LogP contribution in [0.3, 0.4) is 0 Å². The predicted molar refractivity (Wildman–Crippen MR) is 85.4 cm³/mol. The maximum Gasteiger partial charge on any atom is 0.240 e. The van der Waals surface area contributed by atoms with E-state index in [2.05, 4.69) is 40.7 Å². The average Bonchev–Trinajstić information content (AvgIpc) is 2.49. The summed E-state index contributed by atoms with van der Waals surface area (Å²) in [5, 5.41) is 0. The van der Waals surface area contributed by atoms with Crippen molar-refractivity contribution in [1.29, 1.82) is 0 Å². The van der Waals surface area contributed by atoms with Crippen LogP contribution in [0, 0.1) is 11.3 Å². The van der Waals surface area contributed by atoms with Gasteiger partial charge in [-0.3, -0.25) is 10.2 Å². The molecule has 1 fully saturated rings. The fourth-order valence-corrected chi connectivity index (χ4v) is 3.12. The molecule has 1 aliphatic rings. The second kappa shape index (κ2) is 7.05. The highest BCUT2D eigenvalue weighted by Crippen LogP contribution is 2.25. The zero-order valence-corrected chi connectivity index (χ0v) is 13.1. The lowest BCUT2D eigenvalue weighted by Crippen LogP contribution is -2.49. The first-order chi connectivity index (χ1) is 10.0. The van der Waals surface area contributed by atoms with Gasteiger partial charge in [0.2, 0.25) is 5.91 Å². The lowest BCUT2D eigenvalue weighted by atomic mass is 9.87. The number of likely N-dealkylation sites (tertiary alicyclic amines) is 1. The van der Waals surface area contributed by atoms with Gasteiger partial charge in [0.25, 0.3) is 0 Å². The fraction of sp³-hybridized carbons (Fsp3) is 0.588. The Labute approximate surface area is 127 Å². The van der Waals surface area contributed by atoms with E-state index in [1.54, 1.807) is 0 Å². The number of rotatable bonds is 5. The lowest BCUT2D eigenvalue weighted by Gasteiger charge is -2.36. The summed E-state index contributed by atoms with van der Waals surface area (Å²) in [5.74, 6) is 5.92. The summed E-state index contributed by atoms with van der Waals surface area (Å²) in [5.41, 5.74) is 3.27. The maximum atomic E-state index is 11.7. The quantitative estimate of drug-likeness (QED) is 0.495. The monoisotopic (exact) mass is 289 g/mol. The average molecular weight is 289 g/mol. The first-order valence-corrected chi connectivity index (χ1v) is 7.78. The lowest BCUT2D eigenvalue weighted by molar-refractivity contribution is -0.130. The SMILES string of the molecule is CC(C)(CN1CCC(Cc2ccccc2)CC1)C(=O)NN. The molecule has 4 heteroatoms. The number of nitrogens with zero attached hydrogens (tertiary/aromatic N) is 1. The van der Waals surface area contributed by atoms with Gasteiger partial charge in [-0.25, -0.2) is 5.84 Å². The van der Waals surface area contributed by atoms with Gasteiger partial charge in [-0.15, -0.1) is 0 Å². The second-order valence-corrected chi connectivity index (χ2v) is 6.77. The Morgan fingerprint density at radius 1 is 1.29 bits per heavy atom. The molecular formula is C17H27N3O. The van der Waals surface area contributed by atoms with E-state index in [0.29, 0.717) is 0 Å². The Hall–Kier alpha value is -1.39. The van der Waals surface area contributed by atoms with Crippen LogP contribution in [0.1, 0.15) is 32.3 Å². The second-order valence-electron chi connectivity index (χ2n) is 6.77. The molecule has 1 amide bonds.